The summed E-state index contributed by atoms with van der Waals surface area (Å²) >= 11 is 0. The molecular weight excluding hydrogens is 865 g/mol. The first-order valence-electron chi connectivity index (χ1n) is 18.9. The summed E-state index contributed by atoms with van der Waals surface area (Å²) in [6.07, 6.45) is 4.60. The zero-order valence-electron chi connectivity index (χ0n) is 36.5. The second kappa shape index (κ2) is 24.5. The van der Waals surface area contributed by atoms with Gasteiger partial charge in [-0.3, -0.25) is 11.5 Å². The van der Waals surface area contributed by atoms with Crippen molar-refractivity contribution in [3.63, 3.8) is 0 Å². The second-order valence-electron chi connectivity index (χ2n) is 13.2. The van der Waals surface area contributed by atoms with Crippen molar-refractivity contribution in [2.24, 2.45) is 0 Å². The molecule has 22 nitrogen and oxygen atoms in total. The van der Waals surface area contributed by atoms with E-state index in [2.05, 4.69) is 19.9 Å². The van der Waals surface area contributed by atoms with Crippen molar-refractivity contribution in [3.8, 4) is 34.5 Å². The van der Waals surface area contributed by atoms with Crippen molar-refractivity contribution in [3.05, 3.63) is 130 Å². The van der Waals surface area contributed by atoms with Gasteiger partial charge < -0.3 is 69.9 Å². The van der Waals surface area contributed by atoms with E-state index in [4.69, 9.17) is 61.6 Å². The average Bonchev–Trinajstić information content (AvgIpc) is 3.30. The lowest BCUT2D eigenvalue weighted by molar-refractivity contribution is -0.365. The highest BCUT2D eigenvalue weighted by Gasteiger charge is 2.17. The molecule has 0 saturated heterocycles. The molecule has 22 heteroatoms. The van der Waals surface area contributed by atoms with Crippen LogP contribution in [0.5, 0.6) is 34.5 Å². The van der Waals surface area contributed by atoms with E-state index in [9.17, 15) is 29.4 Å². The van der Waals surface area contributed by atoms with Crippen LogP contribution in [0.3, 0.4) is 0 Å². The van der Waals surface area contributed by atoms with E-state index < -0.39 is 23.9 Å². The number of benzene rings is 4. The number of aromatic nitrogens is 4. The molecule has 2 heterocycles. The number of carbonyl (C=O) groups excluding carboxylic acids is 2. The van der Waals surface area contributed by atoms with Gasteiger partial charge in [0.1, 0.15) is 0 Å². The highest BCUT2D eigenvalue weighted by Crippen LogP contribution is 2.40. The Bertz CT molecular complexity index is 2330. The summed E-state index contributed by atoms with van der Waals surface area (Å²) < 4.78 is 31.9. The Hall–Kier alpha value is -9.08. The third-order valence-electron chi connectivity index (χ3n) is 8.90. The van der Waals surface area contributed by atoms with Crippen LogP contribution in [0, 0.1) is 0 Å². The molecule has 0 amide bonds. The number of nitrogens with two attached hydrogens (primary N) is 4. The van der Waals surface area contributed by atoms with Crippen LogP contribution in [0.4, 0.5) is 23.5 Å². The highest BCUT2D eigenvalue weighted by molar-refractivity contribution is 5.91. The largest absolute Gasteiger partial charge is 0.545 e. The Morgan fingerprint density at radius 2 is 0.773 bits per heavy atom. The molecule has 12 N–H and O–H groups in total. The first-order valence-corrected chi connectivity index (χ1v) is 18.9. The maximum atomic E-state index is 10.3. The van der Waals surface area contributed by atoms with Crippen molar-refractivity contribution in [1.29, 1.82) is 0 Å². The van der Waals surface area contributed by atoms with E-state index in [0.29, 0.717) is 59.0 Å². The van der Waals surface area contributed by atoms with Gasteiger partial charge in [0.25, 0.3) is 0 Å². The fourth-order valence-corrected chi connectivity index (χ4v) is 5.63. The predicted octanol–water partition coefficient (Wildman–Crippen LogP) is 0.850. The molecule has 0 radical (unpaired) electrons. The normalized spacial score (nSPS) is 9.91. The minimum absolute atomic E-state index is 0.0556. The number of nitrogens with zero attached hydrogens (tertiary/aromatic N) is 2. The predicted molar refractivity (Wildman–Crippen MR) is 233 cm³/mol. The molecule has 0 aliphatic heterocycles. The number of hydrogen-bond acceptors (Lipinski definition) is 18. The molecule has 0 bridgehead atoms. The average molecular weight is 913 g/mol. The van der Waals surface area contributed by atoms with Crippen LogP contribution in [0.25, 0.3) is 0 Å². The third kappa shape index (κ3) is 14.5. The van der Waals surface area contributed by atoms with Gasteiger partial charge in [-0.05, 0) is 70.8 Å². The number of anilines is 4. The molecule has 348 valence electrons. The lowest BCUT2D eigenvalue weighted by atomic mass is 10.1. The van der Waals surface area contributed by atoms with Crippen LogP contribution in [-0.4, -0.2) is 86.7 Å². The van der Waals surface area contributed by atoms with Gasteiger partial charge in [0.2, 0.25) is 23.1 Å². The summed E-state index contributed by atoms with van der Waals surface area (Å²) in [5, 5.41) is 37.3. The Balaban J connectivity index is 0.000000242. The zero-order chi connectivity index (χ0) is 49.1. The van der Waals surface area contributed by atoms with Crippen LogP contribution < -0.4 is 71.5 Å². The zero-order valence-corrected chi connectivity index (χ0v) is 36.5. The molecule has 66 heavy (non-hydrogen) atoms. The number of methoxy groups -OCH3 is 6. The molecule has 0 atom stereocenters. The number of rotatable bonds is 14. The fourth-order valence-electron chi connectivity index (χ4n) is 5.63. The lowest BCUT2D eigenvalue weighted by Gasteiger charge is -2.14. The van der Waals surface area contributed by atoms with Crippen molar-refractivity contribution in [2.45, 2.75) is 12.8 Å². The number of carboxylic acids is 4. The molecular formula is C44H48N8O14. The summed E-state index contributed by atoms with van der Waals surface area (Å²) in [7, 11) is 9.44. The Morgan fingerprint density at radius 1 is 0.500 bits per heavy atom. The number of ether oxygens (including phenoxy) is 6. The van der Waals surface area contributed by atoms with Crippen LogP contribution in [-0.2, 0) is 12.8 Å². The van der Waals surface area contributed by atoms with E-state index in [1.165, 1.54) is 24.3 Å². The van der Waals surface area contributed by atoms with E-state index in [0.717, 1.165) is 46.5 Å². The van der Waals surface area contributed by atoms with Gasteiger partial charge in [0.05, 0.1) is 78.1 Å². The summed E-state index contributed by atoms with van der Waals surface area (Å²) in [6.45, 7) is 0. The monoisotopic (exact) mass is 912 g/mol. The van der Waals surface area contributed by atoms with Crippen LogP contribution in [0.2, 0.25) is 0 Å². The lowest BCUT2D eigenvalue weighted by Crippen LogP contribution is -2.24. The highest BCUT2D eigenvalue weighted by atomic mass is 16.5. The molecule has 0 aliphatic carbocycles. The number of aromatic amines is 2. The van der Waals surface area contributed by atoms with Gasteiger partial charge >= 0.3 is 23.8 Å². The molecule has 6 rings (SSSR count). The van der Waals surface area contributed by atoms with Crippen LogP contribution >= 0.6 is 0 Å². The van der Waals surface area contributed by atoms with Crippen molar-refractivity contribution in [2.75, 3.05) is 65.6 Å². The number of carboxylic acid groups (broad SMARTS) is 4. The second-order valence-corrected chi connectivity index (χ2v) is 13.2. The minimum Gasteiger partial charge on any atom is -0.545 e. The third-order valence-corrected chi connectivity index (χ3v) is 8.90. The first kappa shape index (κ1) is 51.3. The van der Waals surface area contributed by atoms with Crippen molar-refractivity contribution >= 4 is 47.4 Å². The topological polar surface area (TPSA) is 368 Å². The van der Waals surface area contributed by atoms with Gasteiger partial charge in [0.15, 0.2) is 23.0 Å². The Morgan fingerprint density at radius 3 is 0.985 bits per heavy atom. The van der Waals surface area contributed by atoms with Crippen molar-refractivity contribution in [1.82, 2.24) is 9.97 Å². The summed E-state index contributed by atoms with van der Waals surface area (Å²) in [5.41, 5.74) is 26.5. The van der Waals surface area contributed by atoms with Crippen LogP contribution in [0.1, 0.15) is 63.7 Å². The standard InChI is InChI=1S/2C14H18N4O3.2C8H6O4/c2*1-19-10-5-8(6-11(20-2)12(10)21-3)4-9-7-17-14(16)18-13(9)15;2*9-7(10)5-1-2-6(4-3-5)8(11)12/h2*5-7H,4H2,1-3H3,(H4,15,16,17,18);2*1-4H,(H,9,10)(H,11,12). The Kier molecular flexibility index (Phi) is 19.1. The SMILES string of the molecule is COc1cc(Cc2c[nH+]c(N)nc2N)cc(OC)c1OC.COc1cc(Cc2c[nH+]c(N)nc2N)cc(OC)c1OC.O=C(O)c1ccc(C(=O)O)cc1.O=C([O-])c1ccc(C(=O)[O-])cc1. The van der Waals surface area contributed by atoms with Gasteiger partial charge in [-0.1, -0.05) is 34.2 Å². The maximum Gasteiger partial charge on any atom is 0.388 e. The van der Waals surface area contributed by atoms with Gasteiger partial charge in [-0.25, -0.2) is 19.6 Å². The number of nitrogen functional groups attached to an aromatic ring is 4. The number of nitrogens with one attached hydrogen (secondary N) is 2. The number of carbonyl (C=O) groups is 4. The van der Waals surface area contributed by atoms with Gasteiger partial charge in [-0.15, -0.1) is 0 Å². The number of H-pyrrole nitrogens is 2. The van der Waals surface area contributed by atoms with E-state index in [1.807, 2.05) is 24.3 Å². The summed E-state index contributed by atoms with van der Waals surface area (Å²) in [5.74, 6) is 0.0320. The van der Waals surface area contributed by atoms with Gasteiger partial charge in [-0.2, -0.15) is 0 Å². The van der Waals surface area contributed by atoms with E-state index in [1.54, 1.807) is 55.1 Å². The van der Waals surface area contributed by atoms with E-state index >= 15 is 0 Å². The smallest absolute Gasteiger partial charge is 0.388 e. The maximum absolute atomic E-state index is 10.3. The summed E-state index contributed by atoms with van der Waals surface area (Å²) in [4.78, 5) is 54.8. The summed E-state index contributed by atoms with van der Waals surface area (Å²) in [6, 6.07) is 17.1. The number of aromatic carboxylic acids is 4. The molecule has 0 aliphatic rings. The first-order chi connectivity index (χ1) is 31.4. The molecule has 0 spiro atoms. The molecule has 4 aromatic carbocycles. The quantitative estimate of drug-likeness (QED) is 0.0882. The minimum atomic E-state index is -1.33. The molecule has 2 aromatic heterocycles. The Labute approximate surface area is 377 Å². The molecule has 0 unspecified atom stereocenters. The fraction of sp³-hybridized carbons (Fsp3) is 0.182. The van der Waals surface area contributed by atoms with Crippen molar-refractivity contribution < 1.29 is 78.0 Å². The van der Waals surface area contributed by atoms with E-state index in [-0.39, 0.29) is 34.2 Å². The molecule has 6 aromatic rings. The molecule has 0 fully saturated rings. The van der Waals surface area contributed by atoms with Crippen LogP contribution in [0.15, 0.2) is 85.2 Å². The van der Waals surface area contributed by atoms with Gasteiger partial charge in [0, 0.05) is 24.0 Å². The molecule has 0 saturated carbocycles. The number of hydrogen-bond donors (Lipinski definition) is 6.